The van der Waals surface area contributed by atoms with Crippen LogP contribution in [0.2, 0.25) is 0 Å². The van der Waals surface area contributed by atoms with Gasteiger partial charge in [0.1, 0.15) is 0 Å². The lowest BCUT2D eigenvalue weighted by Crippen LogP contribution is -2.45. The average molecular weight is 249 g/mol. The second kappa shape index (κ2) is 7.76. The van der Waals surface area contributed by atoms with Crippen molar-refractivity contribution in [3.63, 3.8) is 0 Å². The minimum Gasteiger partial charge on any atom is -0.368 e. The number of halogens is 4. The SMILES string of the molecule is CCCCC(NCC(F)(F)F)C(N)=O.Cl. The largest absolute Gasteiger partial charge is 0.401 e. The zero-order chi connectivity index (χ0) is 11.2. The van der Waals surface area contributed by atoms with E-state index in [0.717, 1.165) is 6.42 Å². The van der Waals surface area contributed by atoms with E-state index >= 15 is 0 Å². The van der Waals surface area contributed by atoms with Gasteiger partial charge in [0.15, 0.2) is 0 Å². The van der Waals surface area contributed by atoms with Crippen molar-refractivity contribution in [2.24, 2.45) is 5.73 Å². The van der Waals surface area contributed by atoms with E-state index in [1.54, 1.807) is 0 Å². The first-order chi connectivity index (χ1) is 6.37. The van der Waals surface area contributed by atoms with Crippen LogP contribution in [-0.2, 0) is 4.79 Å². The molecule has 3 N–H and O–H groups in total. The summed E-state index contributed by atoms with van der Waals surface area (Å²) in [5, 5.41) is 2.09. The molecule has 0 saturated carbocycles. The molecule has 0 aliphatic heterocycles. The first-order valence-electron chi connectivity index (χ1n) is 4.46. The normalized spacial score (nSPS) is 13.1. The van der Waals surface area contributed by atoms with E-state index in [-0.39, 0.29) is 12.4 Å². The maximum atomic E-state index is 11.8. The molecule has 0 bridgehead atoms. The molecule has 0 aliphatic rings. The molecule has 0 aromatic carbocycles. The van der Waals surface area contributed by atoms with Crippen molar-refractivity contribution in [2.45, 2.75) is 38.4 Å². The van der Waals surface area contributed by atoms with E-state index in [1.165, 1.54) is 0 Å². The first kappa shape index (κ1) is 16.9. The van der Waals surface area contributed by atoms with Crippen LogP contribution in [-0.4, -0.2) is 24.7 Å². The summed E-state index contributed by atoms with van der Waals surface area (Å²) in [6.45, 7) is 0.714. The number of nitrogens with two attached hydrogens (primary N) is 1. The van der Waals surface area contributed by atoms with E-state index in [1.807, 2.05) is 6.92 Å². The van der Waals surface area contributed by atoms with Crippen LogP contribution in [0.3, 0.4) is 0 Å². The Labute approximate surface area is 93.0 Å². The number of hydrogen-bond acceptors (Lipinski definition) is 2. The van der Waals surface area contributed by atoms with Gasteiger partial charge in [-0.15, -0.1) is 12.4 Å². The summed E-state index contributed by atoms with van der Waals surface area (Å²) in [4.78, 5) is 10.7. The van der Waals surface area contributed by atoms with Gasteiger partial charge in [0.25, 0.3) is 0 Å². The smallest absolute Gasteiger partial charge is 0.368 e. The molecule has 1 unspecified atom stereocenters. The molecule has 0 radical (unpaired) electrons. The van der Waals surface area contributed by atoms with Crippen molar-refractivity contribution in [3.8, 4) is 0 Å². The maximum Gasteiger partial charge on any atom is 0.401 e. The minimum absolute atomic E-state index is 0. The van der Waals surface area contributed by atoms with Gasteiger partial charge < -0.3 is 5.73 Å². The van der Waals surface area contributed by atoms with E-state index in [4.69, 9.17) is 5.73 Å². The molecule has 0 saturated heterocycles. The highest BCUT2D eigenvalue weighted by Crippen LogP contribution is 2.13. The molecule has 3 nitrogen and oxygen atoms in total. The third kappa shape index (κ3) is 9.81. The number of primary amides is 1. The van der Waals surface area contributed by atoms with Gasteiger partial charge in [-0.25, -0.2) is 0 Å². The van der Waals surface area contributed by atoms with Crippen molar-refractivity contribution < 1.29 is 18.0 Å². The molecule has 15 heavy (non-hydrogen) atoms. The van der Waals surface area contributed by atoms with Gasteiger partial charge in [-0.2, -0.15) is 13.2 Å². The van der Waals surface area contributed by atoms with Crippen molar-refractivity contribution >= 4 is 18.3 Å². The van der Waals surface area contributed by atoms with Crippen LogP contribution < -0.4 is 11.1 Å². The second-order valence-corrected chi connectivity index (χ2v) is 3.09. The van der Waals surface area contributed by atoms with Gasteiger partial charge in [0.2, 0.25) is 5.91 Å². The summed E-state index contributed by atoms with van der Waals surface area (Å²) >= 11 is 0. The molecule has 0 aliphatic carbocycles. The van der Waals surface area contributed by atoms with Gasteiger partial charge in [-0.3, -0.25) is 10.1 Å². The first-order valence-corrected chi connectivity index (χ1v) is 4.46. The van der Waals surface area contributed by atoms with E-state index in [0.29, 0.717) is 12.8 Å². The summed E-state index contributed by atoms with van der Waals surface area (Å²) in [7, 11) is 0. The summed E-state index contributed by atoms with van der Waals surface area (Å²) in [6.07, 6.45) is -2.46. The van der Waals surface area contributed by atoms with Crippen molar-refractivity contribution in [1.29, 1.82) is 0 Å². The molecule has 0 aromatic heterocycles. The zero-order valence-corrected chi connectivity index (χ0v) is 9.25. The monoisotopic (exact) mass is 248 g/mol. The predicted octanol–water partition coefficient (Wildman–Crippen LogP) is 1.60. The van der Waals surface area contributed by atoms with Crippen LogP contribution >= 0.6 is 12.4 Å². The fraction of sp³-hybridized carbons (Fsp3) is 0.875. The Morgan fingerprint density at radius 3 is 2.33 bits per heavy atom. The van der Waals surface area contributed by atoms with Gasteiger partial charge in [0.05, 0.1) is 12.6 Å². The Kier molecular flexibility index (Phi) is 8.75. The Hall–Kier alpha value is -0.490. The number of rotatable bonds is 6. The lowest BCUT2D eigenvalue weighted by atomic mass is 10.1. The molecule has 0 aromatic rings. The van der Waals surface area contributed by atoms with Crippen molar-refractivity contribution in [2.75, 3.05) is 6.54 Å². The minimum atomic E-state index is -4.31. The highest BCUT2D eigenvalue weighted by molar-refractivity contribution is 5.85. The number of carbonyl (C=O) groups excluding carboxylic acids is 1. The Balaban J connectivity index is 0. The Morgan fingerprint density at radius 2 is 2.00 bits per heavy atom. The molecule has 0 spiro atoms. The van der Waals surface area contributed by atoms with Gasteiger partial charge in [0, 0.05) is 0 Å². The molecule has 0 rings (SSSR count). The van der Waals surface area contributed by atoms with Gasteiger partial charge in [-0.05, 0) is 6.42 Å². The molecular formula is C8H16ClF3N2O. The third-order valence-electron chi connectivity index (χ3n) is 1.74. The van der Waals surface area contributed by atoms with E-state index in [9.17, 15) is 18.0 Å². The second-order valence-electron chi connectivity index (χ2n) is 3.09. The molecule has 1 amide bonds. The topological polar surface area (TPSA) is 55.1 Å². The van der Waals surface area contributed by atoms with Crippen LogP contribution in [0.1, 0.15) is 26.2 Å². The molecule has 92 valence electrons. The number of carbonyl (C=O) groups is 1. The summed E-state index contributed by atoms with van der Waals surface area (Å²) in [5.41, 5.74) is 4.94. The zero-order valence-electron chi connectivity index (χ0n) is 8.43. The summed E-state index contributed by atoms with van der Waals surface area (Å²) in [6, 6.07) is -0.878. The van der Waals surface area contributed by atoms with Crippen molar-refractivity contribution in [3.05, 3.63) is 0 Å². The fourth-order valence-corrected chi connectivity index (χ4v) is 0.992. The molecule has 7 heteroatoms. The van der Waals surface area contributed by atoms with E-state index in [2.05, 4.69) is 5.32 Å². The van der Waals surface area contributed by atoms with Gasteiger partial charge >= 0.3 is 6.18 Å². The third-order valence-corrected chi connectivity index (χ3v) is 1.74. The van der Waals surface area contributed by atoms with Crippen molar-refractivity contribution in [1.82, 2.24) is 5.32 Å². The fourth-order valence-electron chi connectivity index (χ4n) is 0.992. The molecule has 0 heterocycles. The number of amides is 1. The van der Waals surface area contributed by atoms with Crippen LogP contribution in [0.4, 0.5) is 13.2 Å². The Morgan fingerprint density at radius 1 is 1.47 bits per heavy atom. The number of nitrogens with one attached hydrogen (secondary N) is 1. The summed E-state index contributed by atoms with van der Waals surface area (Å²) < 4.78 is 35.4. The van der Waals surface area contributed by atoms with Crippen LogP contribution in [0.5, 0.6) is 0 Å². The highest BCUT2D eigenvalue weighted by Gasteiger charge is 2.29. The highest BCUT2D eigenvalue weighted by atomic mass is 35.5. The number of unbranched alkanes of at least 4 members (excludes halogenated alkanes) is 1. The summed E-state index contributed by atoms with van der Waals surface area (Å²) in [5.74, 6) is -0.734. The lowest BCUT2D eigenvalue weighted by molar-refractivity contribution is -0.130. The predicted molar refractivity (Wildman–Crippen MR) is 53.8 cm³/mol. The average Bonchev–Trinajstić information content (AvgIpc) is 2.01. The quantitative estimate of drug-likeness (QED) is 0.750. The molecule has 0 fully saturated rings. The van der Waals surface area contributed by atoms with E-state index < -0.39 is 24.7 Å². The maximum absolute atomic E-state index is 11.8. The number of hydrogen-bond donors (Lipinski definition) is 2. The van der Waals surface area contributed by atoms with Crippen LogP contribution in [0.25, 0.3) is 0 Å². The van der Waals surface area contributed by atoms with Crippen LogP contribution in [0, 0.1) is 0 Å². The lowest BCUT2D eigenvalue weighted by Gasteiger charge is -2.16. The number of alkyl halides is 3. The standard InChI is InChI=1S/C8H15F3N2O.ClH/c1-2-3-4-6(7(12)14)13-5-8(9,10)11;/h6,13H,2-5H2,1H3,(H2,12,14);1H. The van der Waals surface area contributed by atoms with Gasteiger partial charge in [-0.1, -0.05) is 19.8 Å². The molecular weight excluding hydrogens is 233 g/mol. The van der Waals surface area contributed by atoms with Crippen LogP contribution in [0.15, 0.2) is 0 Å². The molecule has 1 atom stereocenters. The Bertz CT molecular complexity index is 187.